The van der Waals surface area contributed by atoms with Gasteiger partial charge in [0.15, 0.2) is 0 Å². The largest absolute Gasteiger partial charge is 0.469 e. The number of allylic oxidation sites excluding steroid dienone is 4. The van der Waals surface area contributed by atoms with Gasteiger partial charge in [-0.05, 0) is 12.5 Å². The van der Waals surface area contributed by atoms with Gasteiger partial charge in [0.1, 0.15) is 0 Å². The molecule has 2 nitrogen and oxygen atoms in total. The third-order valence-corrected chi connectivity index (χ3v) is 1.29. The average molecular weight is 166 g/mol. The molecular weight excluding hydrogens is 152 g/mol. The van der Waals surface area contributed by atoms with Crippen molar-refractivity contribution < 1.29 is 9.53 Å². The van der Waals surface area contributed by atoms with Crippen molar-refractivity contribution >= 4 is 5.97 Å². The maximum atomic E-state index is 10.8. The van der Waals surface area contributed by atoms with Gasteiger partial charge in [-0.15, -0.1) is 0 Å². The van der Waals surface area contributed by atoms with E-state index in [-0.39, 0.29) is 5.97 Å². The smallest absolute Gasteiger partial charge is 0.309 e. The molecule has 0 atom stereocenters. The van der Waals surface area contributed by atoms with Crippen LogP contribution in [0.15, 0.2) is 36.5 Å². The van der Waals surface area contributed by atoms with E-state index < -0.39 is 0 Å². The van der Waals surface area contributed by atoms with Crippen LogP contribution in [0.3, 0.4) is 0 Å². The molecule has 0 N–H and O–H groups in total. The number of hydrogen-bond acceptors (Lipinski definition) is 2. The molecule has 0 aromatic heterocycles. The highest BCUT2D eigenvalue weighted by molar-refractivity contribution is 5.73. The number of carbonyl (C=O) groups is 1. The average Bonchev–Trinajstić information content (AvgIpc) is 2.05. The van der Waals surface area contributed by atoms with Crippen LogP contribution in [0.5, 0.6) is 0 Å². The first-order valence-corrected chi connectivity index (χ1v) is 3.75. The van der Waals surface area contributed by atoms with Crippen molar-refractivity contribution in [1.82, 2.24) is 0 Å². The highest BCUT2D eigenvalue weighted by atomic mass is 16.5. The normalized spacial score (nSPS) is 11.7. The van der Waals surface area contributed by atoms with Crippen molar-refractivity contribution in [2.45, 2.75) is 13.3 Å². The van der Waals surface area contributed by atoms with Crippen molar-refractivity contribution in [3.8, 4) is 0 Å². The van der Waals surface area contributed by atoms with Crippen molar-refractivity contribution in [2.75, 3.05) is 7.11 Å². The molecule has 0 aromatic carbocycles. The van der Waals surface area contributed by atoms with E-state index in [1.54, 1.807) is 12.2 Å². The van der Waals surface area contributed by atoms with E-state index in [2.05, 4.69) is 11.3 Å². The summed E-state index contributed by atoms with van der Waals surface area (Å²) in [5.41, 5.74) is 0.902. The fraction of sp³-hybridized carbons (Fsp3) is 0.300. The van der Waals surface area contributed by atoms with E-state index in [0.29, 0.717) is 6.42 Å². The Morgan fingerprint density at radius 1 is 1.58 bits per heavy atom. The fourth-order valence-electron chi connectivity index (χ4n) is 0.778. The Morgan fingerprint density at radius 3 is 2.67 bits per heavy atom. The monoisotopic (exact) mass is 166 g/mol. The molecule has 0 aliphatic rings. The molecule has 2 heteroatoms. The summed E-state index contributed by atoms with van der Waals surface area (Å²) in [5, 5.41) is 0. The lowest BCUT2D eigenvalue weighted by atomic mass is 10.1. The van der Waals surface area contributed by atoms with Gasteiger partial charge in [0.05, 0.1) is 13.5 Å². The van der Waals surface area contributed by atoms with E-state index in [1.807, 2.05) is 19.1 Å². The fourth-order valence-corrected chi connectivity index (χ4v) is 0.778. The zero-order chi connectivity index (χ0) is 9.40. The van der Waals surface area contributed by atoms with Gasteiger partial charge in [-0.1, -0.05) is 30.9 Å². The predicted octanol–water partition coefficient (Wildman–Crippen LogP) is 2.24. The minimum Gasteiger partial charge on any atom is -0.469 e. The van der Waals surface area contributed by atoms with Crippen molar-refractivity contribution in [1.29, 1.82) is 0 Å². The molecule has 0 unspecified atom stereocenters. The maximum absolute atomic E-state index is 10.8. The number of esters is 1. The highest BCUT2D eigenvalue weighted by Gasteiger charge is 2.00. The van der Waals surface area contributed by atoms with Crippen LogP contribution in [0.4, 0.5) is 0 Å². The highest BCUT2D eigenvalue weighted by Crippen LogP contribution is 2.04. The zero-order valence-electron chi connectivity index (χ0n) is 7.54. The predicted molar refractivity (Wildman–Crippen MR) is 49.7 cm³/mol. The van der Waals surface area contributed by atoms with Crippen LogP contribution in [0.25, 0.3) is 0 Å². The van der Waals surface area contributed by atoms with E-state index in [1.165, 1.54) is 7.11 Å². The molecule has 0 aliphatic carbocycles. The maximum Gasteiger partial charge on any atom is 0.309 e. The third-order valence-electron chi connectivity index (χ3n) is 1.29. The van der Waals surface area contributed by atoms with Crippen LogP contribution in [0, 0.1) is 0 Å². The first-order valence-electron chi connectivity index (χ1n) is 3.75. The van der Waals surface area contributed by atoms with Gasteiger partial charge in [-0.25, -0.2) is 0 Å². The van der Waals surface area contributed by atoms with Gasteiger partial charge >= 0.3 is 5.97 Å². The molecule has 0 heterocycles. The van der Waals surface area contributed by atoms with Gasteiger partial charge < -0.3 is 4.74 Å². The molecule has 0 spiro atoms. The minimum atomic E-state index is -0.235. The van der Waals surface area contributed by atoms with E-state index in [4.69, 9.17) is 0 Å². The van der Waals surface area contributed by atoms with Crippen LogP contribution in [0.2, 0.25) is 0 Å². The summed E-state index contributed by atoms with van der Waals surface area (Å²) in [6.45, 7) is 5.45. The van der Waals surface area contributed by atoms with E-state index >= 15 is 0 Å². The van der Waals surface area contributed by atoms with Gasteiger partial charge in [-0.3, -0.25) is 4.79 Å². The van der Waals surface area contributed by atoms with Crippen LogP contribution >= 0.6 is 0 Å². The molecule has 0 saturated carbocycles. The first-order chi connectivity index (χ1) is 5.74. The summed E-state index contributed by atoms with van der Waals surface area (Å²) in [6, 6.07) is 0. The second-order valence-electron chi connectivity index (χ2n) is 2.23. The molecule has 0 aromatic rings. The van der Waals surface area contributed by atoms with Gasteiger partial charge in [0.2, 0.25) is 0 Å². The molecule has 0 rings (SSSR count). The molecule has 0 aliphatic heterocycles. The Bertz CT molecular complexity index is 212. The molecule has 0 fully saturated rings. The third kappa shape index (κ3) is 4.50. The molecule has 0 amide bonds. The Morgan fingerprint density at radius 2 is 2.25 bits per heavy atom. The minimum absolute atomic E-state index is 0.235. The van der Waals surface area contributed by atoms with Gasteiger partial charge in [0.25, 0.3) is 0 Å². The zero-order valence-corrected chi connectivity index (χ0v) is 7.54. The van der Waals surface area contributed by atoms with Crippen molar-refractivity contribution in [3.05, 3.63) is 36.5 Å². The van der Waals surface area contributed by atoms with Gasteiger partial charge in [0, 0.05) is 0 Å². The van der Waals surface area contributed by atoms with E-state index in [0.717, 1.165) is 5.57 Å². The quantitative estimate of drug-likeness (QED) is 0.473. The number of rotatable bonds is 4. The summed E-state index contributed by atoms with van der Waals surface area (Å²) in [4.78, 5) is 10.8. The number of methoxy groups -OCH3 is 1. The van der Waals surface area contributed by atoms with Crippen LogP contribution < -0.4 is 0 Å². The van der Waals surface area contributed by atoms with Gasteiger partial charge in [-0.2, -0.15) is 0 Å². The molecule has 0 saturated heterocycles. The standard InChI is InChI=1S/C10H14O2/c1-4-6-9(7-5-2)8-10(11)12-3/h4-7H,1,8H2,2-3H3/b7-5-,9-6+. The second kappa shape index (κ2) is 6.40. The summed E-state index contributed by atoms with van der Waals surface area (Å²) in [5.74, 6) is -0.235. The number of hydrogen-bond donors (Lipinski definition) is 0. The molecule has 0 bridgehead atoms. The topological polar surface area (TPSA) is 26.3 Å². The van der Waals surface area contributed by atoms with Crippen molar-refractivity contribution in [3.63, 3.8) is 0 Å². The Hall–Kier alpha value is -1.31. The Balaban J connectivity index is 4.23. The van der Waals surface area contributed by atoms with Crippen LogP contribution in [-0.4, -0.2) is 13.1 Å². The van der Waals surface area contributed by atoms with Crippen molar-refractivity contribution in [2.24, 2.45) is 0 Å². The molecule has 66 valence electrons. The van der Waals surface area contributed by atoms with Crippen LogP contribution in [-0.2, 0) is 9.53 Å². The number of carbonyl (C=O) groups excluding carboxylic acids is 1. The lowest BCUT2D eigenvalue weighted by Gasteiger charge is -1.98. The summed E-state index contributed by atoms with van der Waals surface area (Å²) in [7, 11) is 1.38. The lowest BCUT2D eigenvalue weighted by Crippen LogP contribution is -2.00. The Labute approximate surface area is 73.2 Å². The lowest BCUT2D eigenvalue weighted by molar-refractivity contribution is -0.139. The first kappa shape index (κ1) is 10.7. The number of ether oxygens (including phenoxy) is 1. The summed E-state index contributed by atoms with van der Waals surface area (Å²) < 4.78 is 4.53. The Kier molecular flexibility index (Phi) is 5.70. The summed E-state index contributed by atoms with van der Waals surface area (Å²) >= 11 is 0. The molecule has 12 heavy (non-hydrogen) atoms. The van der Waals surface area contributed by atoms with E-state index in [9.17, 15) is 4.79 Å². The summed E-state index contributed by atoms with van der Waals surface area (Å²) in [6.07, 6.45) is 7.47. The molecule has 0 radical (unpaired) electrons. The SMILES string of the molecule is C=C/C=C(\C=C/C)CC(=O)OC. The second-order valence-corrected chi connectivity index (χ2v) is 2.23. The molecular formula is C10H14O2. The van der Waals surface area contributed by atoms with Crippen LogP contribution in [0.1, 0.15) is 13.3 Å².